The van der Waals surface area contributed by atoms with E-state index in [9.17, 15) is 9.18 Å². The number of hydrogen-bond donors (Lipinski definition) is 4. The van der Waals surface area contributed by atoms with Gasteiger partial charge in [0.05, 0.1) is 12.1 Å². The third-order valence-electron chi connectivity index (χ3n) is 3.23. The Bertz CT molecular complexity index is 455. The van der Waals surface area contributed by atoms with Gasteiger partial charge in [0.25, 0.3) is 0 Å². The average molecular weight is 252 g/mol. The number of rotatable bonds is 2. The van der Waals surface area contributed by atoms with Gasteiger partial charge in [-0.25, -0.2) is 9.82 Å². The first-order valence-corrected chi connectivity index (χ1v) is 5.83. The quantitative estimate of drug-likeness (QED) is 0.617. The molecule has 1 amide bonds. The van der Waals surface area contributed by atoms with Crippen LogP contribution in [-0.2, 0) is 4.79 Å². The van der Waals surface area contributed by atoms with Gasteiger partial charge in [-0.05, 0) is 26.0 Å². The summed E-state index contributed by atoms with van der Waals surface area (Å²) >= 11 is 0. The van der Waals surface area contributed by atoms with E-state index in [1.165, 1.54) is 6.07 Å². The van der Waals surface area contributed by atoms with Gasteiger partial charge in [-0.2, -0.15) is 0 Å². The van der Waals surface area contributed by atoms with Crippen molar-refractivity contribution in [1.82, 2.24) is 10.9 Å². The molecule has 1 aromatic rings. The molecule has 3 atom stereocenters. The zero-order valence-electron chi connectivity index (χ0n) is 10.3. The topological polar surface area (TPSA) is 79.2 Å². The van der Waals surface area contributed by atoms with Crippen LogP contribution in [0.4, 0.5) is 10.1 Å². The van der Waals surface area contributed by atoms with E-state index in [2.05, 4.69) is 16.2 Å². The van der Waals surface area contributed by atoms with Gasteiger partial charge in [-0.15, -0.1) is 0 Å². The largest absolute Gasteiger partial charge is 0.325 e. The Kier molecular flexibility index (Phi) is 3.60. The van der Waals surface area contributed by atoms with Crippen LogP contribution < -0.4 is 21.9 Å². The van der Waals surface area contributed by atoms with Crippen LogP contribution in [0.25, 0.3) is 0 Å². The Balaban J connectivity index is 2.14. The van der Waals surface area contributed by atoms with Crippen molar-refractivity contribution in [2.75, 3.05) is 5.32 Å². The van der Waals surface area contributed by atoms with Gasteiger partial charge in [0.1, 0.15) is 5.82 Å². The zero-order chi connectivity index (χ0) is 13.3. The maximum absolute atomic E-state index is 13.4. The maximum atomic E-state index is 13.4. The number of carbonyl (C=O) groups is 1. The molecule has 18 heavy (non-hydrogen) atoms. The van der Waals surface area contributed by atoms with E-state index in [0.717, 1.165) is 0 Å². The minimum atomic E-state index is -0.450. The Morgan fingerprint density at radius 1 is 1.44 bits per heavy atom. The van der Waals surface area contributed by atoms with Crippen molar-refractivity contribution in [2.45, 2.75) is 26.1 Å². The van der Waals surface area contributed by atoms with Crippen LogP contribution in [0.5, 0.6) is 0 Å². The maximum Gasteiger partial charge on any atom is 0.232 e. The minimum absolute atomic E-state index is 0.0751. The fourth-order valence-corrected chi connectivity index (χ4v) is 2.07. The highest BCUT2D eigenvalue weighted by molar-refractivity contribution is 5.94. The van der Waals surface area contributed by atoms with Crippen LogP contribution >= 0.6 is 0 Å². The van der Waals surface area contributed by atoms with Crippen molar-refractivity contribution in [3.8, 4) is 0 Å². The average Bonchev–Trinajstić information content (AvgIpc) is 2.65. The minimum Gasteiger partial charge on any atom is -0.325 e. The van der Waals surface area contributed by atoms with Gasteiger partial charge in [0.15, 0.2) is 0 Å². The van der Waals surface area contributed by atoms with Gasteiger partial charge in [-0.3, -0.25) is 10.2 Å². The summed E-state index contributed by atoms with van der Waals surface area (Å²) in [5.41, 5.74) is 12.4. The van der Waals surface area contributed by atoms with Crippen molar-refractivity contribution >= 4 is 11.6 Å². The third kappa shape index (κ3) is 2.35. The van der Waals surface area contributed by atoms with Crippen LogP contribution in [0, 0.1) is 18.7 Å². The van der Waals surface area contributed by atoms with Crippen molar-refractivity contribution < 1.29 is 9.18 Å². The van der Waals surface area contributed by atoms with Crippen molar-refractivity contribution in [3.05, 3.63) is 29.6 Å². The normalized spacial score (nSPS) is 27.2. The molecule has 5 N–H and O–H groups in total. The summed E-state index contributed by atoms with van der Waals surface area (Å²) in [5.74, 6) is -0.957. The van der Waals surface area contributed by atoms with Crippen LogP contribution in [-0.4, -0.2) is 18.1 Å². The third-order valence-corrected chi connectivity index (χ3v) is 3.23. The molecule has 6 heteroatoms. The summed E-state index contributed by atoms with van der Waals surface area (Å²) in [7, 11) is 0. The van der Waals surface area contributed by atoms with Crippen LogP contribution in [0.2, 0.25) is 0 Å². The summed E-state index contributed by atoms with van der Waals surface area (Å²) in [4.78, 5) is 12.1. The van der Waals surface area contributed by atoms with Crippen LogP contribution in [0.3, 0.4) is 0 Å². The van der Waals surface area contributed by atoms with E-state index in [1.54, 1.807) is 19.1 Å². The molecule has 0 aromatic heterocycles. The predicted octanol–water partition coefficient (Wildman–Crippen LogP) is 0.470. The van der Waals surface area contributed by atoms with E-state index in [0.29, 0.717) is 11.3 Å². The first kappa shape index (κ1) is 12.9. The molecule has 0 spiro atoms. The molecule has 1 saturated heterocycles. The number of anilines is 1. The summed E-state index contributed by atoms with van der Waals surface area (Å²) in [6.07, 6.45) is -0.450. The number of nitrogens with one attached hydrogen (secondary N) is 3. The number of benzene rings is 1. The molecule has 5 nitrogen and oxygen atoms in total. The van der Waals surface area contributed by atoms with Gasteiger partial charge in [-0.1, -0.05) is 6.07 Å². The zero-order valence-corrected chi connectivity index (χ0v) is 10.3. The fraction of sp³-hybridized carbons (Fsp3) is 0.417. The number of halogens is 1. The lowest BCUT2D eigenvalue weighted by molar-refractivity contribution is -0.120. The van der Waals surface area contributed by atoms with Gasteiger partial charge in [0, 0.05) is 17.3 Å². The Morgan fingerprint density at radius 2 is 2.17 bits per heavy atom. The molecule has 0 aliphatic carbocycles. The molecular weight excluding hydrogens is 235 g/mol. The number of hydrogen-bond acceptors (Lipinski definition) is 4. The van der Waals surface area contributed by atoms with E-state index in [4.69, 9.17) is 5.73 Å². The molecule has 1 aliphatic heterocycles. The van der Waals surface area contributed by atoms with Crippen LogP contribution in [0.1, 0.15) is 12.5 Å². The molecule has 1 fully saturated rings. The molecule has 0 bridgehead atoms. The molecule has 1 aromatic carbocycles. The lowest BCUT2D eigenvalue weighted by Gasteiger charge is -2.18. The highest BCUT2D eigenvalue weighted by Gasteiger charge is 2.36. The highest BCUT2D eigenvalue weighted by Crippen LogP contribution is 2.20. The molecule has 1 aliphatic rings. The smallest absolute Gasteiger partial charge is 0.232 e. The SMILES string of the molecule is Cc1c(F)cccc1NC(=O)C1C(C)NNC1N. The Labute approximate surface area is 105 Å². The second-order valence-electron chi connectivity index (χ2n) is 4.53. The lowest BCUT2D eigenvalue weighted by Crippen LogP contribution is -2.43. The Hall–Kier alpha value is -1.50. The van der Waals surface area contributed by atoms with Gasteiger partial charge < -0.3 is 11.1 Å². The lowest BCUT2D eigenvalue weighted by atomic mass is 9.99. The molecule has 3 unspecified atom stereocenters. The fourth-order valence-electron chi connectivity index (χ4n) is 2.07. The van der Waals surface area contributed by atoms with E-state index < -0.39 is 12.1 Å². The summed E-state index contributed by atoms with van der Waals surface area (Å²) in [5, 5.41) is 2.71. The summed E-state index contributed by atoms with van der Waals surface area (Å²) in [6.45, 7) is 3.49. The highest BCUT2D eigenvalue weighted by atomic mass is 19.1. The molecule has 0 saturated carbocycles. The van der Waals surface area contributed by atoms with Gasteiger partial charge in [0.2, 0.25) is 5.91 Å². The predicted molar refractivity (Wildman–Crippen MR) is 67.0 cm³/mol. The van der Waals surface area contributed by atoms with Gasteiger partial charge >= 0.3 is 0 Å². The molecule has 98 valence electrons. The molecular formula is C12H17FN4O. The number of carbonyl (C=O) groups excluding carboxylic acids is 1. The standard InChI is InChI=1S/C12H17FN4O/c1-6-8(13)4-3-5-9(6)15-12(18)10-7(2)16-17-11(10)14/h3-5,7,10-11,16-17H,14H2,1-2H3,(H,15,18). The van der Waals surface area contributed by atoms with E-state index in [-0.39, 0.29) is 17.8 Å². The van der Waals surface area contributed by atoms with E-state index >= 15 is 0 Å². The monoisotopic (exact) mass is 252 g/mol. The van der Waals surface area contributed by atoms with Crippen molar-refractivity contribution in [1.29, 1.82) is 0 Å². The number of nitrogens with two attached hydrogens (primary N) is 1. The number of amides is 1. The van der Waals surface area contributed by atoms with E-state index in [1.807, 2.05) is 6.92 Å². The van der Waals surface area contributed by atoms with Crippen LogP contribution in [0.15, 0.2) is 18.2 Å². The first-order chi connectivity index (χ1) is 8.50. The summed E-state index contributed by atoms with van der Waals surface area (Å²) < 4.78 is 13.4. The Morgan fingerprint density at radius 3 is 2.78 bits per heavy atom. The van der Waals surface area contributed by atoms with Crippen molar-refractivity contribution in [2.24, 2.45) is 11.7 Å². The summed E-state index contributed by atoms with van der Waals surface area (Å²) in [6, 6.07) is 4.51. The molecule has 2 rings (SSSR count). The molecule has 0 radical (unpaired) electrons. The first-order valence-electron chi connectivity index (χ1n) is 5.83. The molecule has 1 heterocycles. The second-order valence-corrected chi connectivity index (χ2v) is 4.53. The van der Waals surface area contributed by atoms with Crippen molar-refractivity contribution in [3.63, 3.8) is 0 Å². The number of hydrazine groups is 1. The second kappa shape index (κ2) is 5.01.